The van der Waals surface area contributed by atoms with Crippen molar-refractivity contribution in [2.24, 2.45) is 17.6 Å². The second-order valence-electron chi connectivity index (χ2n) is 8.66. The fourth-order valence-corrected chi connectivity index (χ4v) is 3.35. The highest BCUT2D eigenvalue weighted by molar-refractivity contribution is 7.80. The van der Waals surface area contributed by atoms with Gasteiger partial charge in [-0.15, -0.1) is 0 Å². The van der Waals surface area contributed by atoms with Crippen molar-refractivity contribution in [3.63, 3.8) is 0 Å². The van der Waals surface area contributed by atoms with Gasteiger partial charge in [-0.2, -0.15) is 12.6 Å². The summed E-state index contributed by atoms with van der Waals surface area (Å²) in [6, 6.07) is 1.83. The number of benzene rings is 1. The first-order valence-corrected chi connectivity index (χ1v) is 11.8. The highest BCUT2D eigenvalue weighted by atomic mass is 32.1. The summed E-state index contributed by atoms with van der Waals surface area (Å²) in [5.41, 5.74) is 6.56. The molecule has 1 aromatic carbocycles. The van der Waals surface area contributed by atoms with Crippen molar-refractivity contribution in [2.75, 3.05) is 5.75 Å². The molecule has 0 spiro atoms. The van der Waals surface area contributed by atoms with Gasteiger partial charge in [0.1, 0.15) is 23.9 Å². The van der Waals surface area contributed by atoms with E-state index in [9.17, 15) is 29.4 Å². The summed E-state index contributed by atoms with van der Waals surface area (Å²) in [6.45, 7) is 7.24. The maximum absolute atomic E-state index is 12.9. The maximum atomic E-state index is 12.9. The molecule has 1 aromatic rings. The first-order valence-electron chi connectivity index (χ1n) is 11.2. The second-order valence-corrected chi connectivity index (χ2v) is 9.02. The number of carbonyl (C=O) groups is 4. The van der Waals surface area contributed by atoms with Gasteiger partial charge in [0.05, 0.1) is 6.04 Å². The molecule has 0 bridgehead atoms. The van der Waals surface area contributed by atoms with Crippen molar-refractivity contribution in [1.29, 1.82) is 0 Å². The van der Waals surface area contributed by atoms with E-state index in [2.05, 4.69) is 28.6 Å². The van der Waals surface area contributed by atoms with E-state index in [0.717, 1.165) is 0 Å². The predicted molar refractivity (Wildman–Crippen MR) is 131 cm³/mol. The third-order valence-electron chi connectivity index (χ3n) is 5.61. The molecule has 0 saturated carbocycles. The lowest BCUT2D eigenvalue weighted by molar-refractivity contribution is -0.142. The average molecular weight is 497 g/mol. The summed E-state index contributed by atoms with van der Waals surface area (Å²) < 4.78 is 0. The summed E-state index contributed by atoms with van der Waals surface area (Å²) in [4.78, 5) is 49.8. The Morgan fingerprint density at radius 1 is 0.941 bits per heavy atom. The lowest BCUT2D eigenvalue weighted by Gasteiger charge is -2.27. The van der Waals surface area contributed by atoms with Crippen LogP contribution in [-0.2, 0) is 25.6 Å². The van der Waals surface area contributed by atoms with Crippen LogP contribution < -0.4 is 21.7 Å². The highest BCUT2D eigenvalue weighted by Gasteiger charge is 2.32. The van der Waals surface area contributed by atoms with E-state index >= 15 is 0 Å². The van der Waals surface area contributed by atoms with Crippen molar-refractivity contribution in [3.05, 3.63) is 29.8 Å². The molecule has 10 nitrogen and oxygen atoms in total. The van der Waals surface area contributed by atoms with Crippen LogP contribution in [0.15, 0.2) is 24.3 Å². The van der Waals surface area contributed by atoms with Crippen LogP contribution in [0.5, 0.6) is 5.75 Å². The van der Waals surface area contributed by atoms with E-state index < -0.39 is 47.9 Å². The fourth-order valence-electron chi connectivity index (χ4n) is 3.09. The summed E-state index contributed by atoms with van der Waals surface area (Å²) >= 11 is 4.12. The first-order chi connectivity index (χ1) is 15.9. The largest absolute Gasteiger partial charge is 0.508 e. The monoisotopic (exact) mass is 496 g/mol. The Bertz CT molecular complexity index is 848. The SMILES string of the molecule is CCC(C)C(N)C(=O)NC(C(=O)NC(CS)C(=O)NC(Cc1ccc(O)cc1)C(=O)O)C(C)C. The molecule has 0 aliphatic carbocycles. The average Bonchev–Trinajstić information content (AvgIpc) is 2.79. The Morgan fingerprint density at radius 3 is 1.97 bits per heavy atom. The normalized spacial score (nSPS) is 15.5. The number of nitrogens with two attached hydrogens (primary N) is 1. The number of amides is 3. The first kappa shape index (κ1) is 29.2. The van der Waals surface area contributed by atoms with E-state index in [0.29, 0.717) is 12.0 Å². The molecule has 11 heteroatoms. The Morgan fingerprint density at radius 2 is 1.50 bits per heavy atom. The fraction of sp³-hybridized carbons (Fsp3) is 0.565. The molecule has 3 amide bonds. The molecule has 0 fully saturated rings. The maximum Gasteiger partial charge on any atom is 0.326 e. The number of thiol groups is 1. The molecule has 0 aromatic heterocycles. The molecule has 5 atom stereocenters. The quantitative estimate of drug-likeness (QED) is 0.194. The smallest absolute Gasteiger partial charge is 0.326 e. The zero-order valence-corrected chi connectivity index (χ0v) is 20.8. The third kappa shape index (κ3) is 8.86. The molecule has 0 aliphatic rings. The second kappa shape index (κ2) is 13.8. The van der Waals surface area contributed by atoms with Crippen LogP contribution in [0.25, 0.3) is 0 Å². The van der Waals surface area contributed by atoms with Crippen LogP contribution in [0.3, 0.4) is 0 Å². The van der Waals surface area contributed by atoms with Gasteiger partial charge in [-0.1, -0.05) is 46.2 Å². The number of hydrogen-bond acceptors (Lipinski definition) is 7. The van der Waals surface area contributed by atoms with E-state index in [1.54, 1.807) is 26.0 Å². The summed E-state index contributed by atoms with van der Waals surface area (Å²) in [5.74, 6) is -3.46. The van der Waals surface area contributed by atoms with Crippen LogP contribution in [0.4, 0.5) is 0 Å². The number of hydrogen-bond donors (Lipinski definition) is 7. The van der Waals surface area contributed by atoms with Gasteiger partial charge >= 0.3 is 5.97 Å². The number of phenols is 1. The van der Waals surface area contributed by atoms with Gasteiger partial charge in [-0.05, 0) is 29.5 Å². The molecular weight excluding hydrogens is 460 g/mol. The number of aliphatic carboxylic acids is 1. The molecular formula is C23H36N4O6S. The van der Waals surface area contributed by atoms with Gasteiger partial charge in [0, 0.05) is 12.2 Å². The van der Waals surface area contributed by atoms with Crippen molar-refractivity contribution in [1.82, 2.24) is 16.0 Å². The van der Waals surface area contributed by atoms with Gasteiger partial charge in [0.15, 0.2) is 0 Å². The van der Waals surface area contributed by atoms with Crippen LogP contribution >= 0.6 is 12.6 Å². The van der Waals surface area contributed by atoms with Gasteiger partial charge in [-0.25, -0.2) is 4.79 Å². The molecule has 7 N–H and O–H groups in total. The van der Waals surface area contributed by atoms with Crippen molar-refractivity contribution in [2.45, 2.75) is 64.7 Å². The van der Waals surface area contributed by atoms with Crippen LogP contribution in [0.1, 0.15) is 39.7 Å². The zero-order chi connectivity index (χ0) is 26.0. The summed E-state index contributed by atoms with van der Waals surface area (Å²) in [6.07, 6.45) is 0.677. The van der Waals surface area contributed by atoms with Crippen molar-refractivity contribution in [3.8, 4) is 5.75 Å². The van der Waals surface area contributed by atoms with E-state index in [1.807, 2.05) is 13.8 Å². The number of phenolic OH excluding ortho intramolecular Hbond substituents is 1. The Labute approximate surface area is 205 Å². The highest BCUT2D eigenvalue weighted by Crippen LogP contribution is 2.12. The van der Waals surface area contributed by atoms with E-state index in [1.165, 1.54) is 12.1 Å². The molecule has 0 saturated heterocycles. The Balaban J connectivity index is 2.86. The number of carboxylic acid groups (broad SMARTS) is 1. The number of aromatic hydroxyl groups is 1. The number of nitrogens with one attached hydrogen (secondary N) is 3. The lowest BCUT2D eigenvalue weighted by atomic mass is 9.97. The number of rotatable bonds is 13. The summed E-state index contributed by atoms with van der Waals surface area (Å²) in [5, 5.41) is 26.5. The zero-order valence-electron chi connectivity index (χ0n) is 19.9. The van der Waals surface area contributed by atoms with Crippen LogP contribution in [0.2, 0.25) is 0 Å². The summed E-state index contributed by atoms with van der Waals surface area (Å²) in [7, 11) is 0. The Hall–Kier alpha value is -2.79. The molecule has 5 unspecified atom stereocenters. The molecule has 190 valence electrons. The minimum Gasteiger partial charge on any atom is -0.508 e. The third-order valence-corrected chi connectivity index (χ3v) is 5.98. The number of carboxylic acids is 1. The molecule has 0 aliphatic heterocycles. The topological polar surface area (TPSA) is 171 Å². The standard InChI is InChI=1S/C23H36N4O6S/c1-5-13(4)18(24)21(30)27-19(12(2)3)22(31)26-17(11-34)20(29)25-16(23(32)33)10-14-6-8-15(28)9-7-14/h6-9,12-13,16-19,28,34H,5,10-11,24H2,1-4H3,(H,25,29)(H,26,31)(H,27,30)(H,32,33). The Kier molecular flexibility index (Phi) is 11.9. The van der Waals surface area contributed by atoms with E-state index in [4.69, 9.17) is 5.73 Å². The predicted octanol–water partition coefficient (Wildman–Crippen LogP) is 0.433. The molecule has 0 heterocycles. The van der Waals surface area contributed by atoms with Gasteiger partial charge in [0.2, 0.25) is 17.7 Å². The van der Waals surface area contributed by atoms with Gasteiger partial charge in [-0.3, -0.25) is 14.4 Å². The van der Waals surface area contributed by atoms with Crippen molar-refractivity contribution >= 4 is 36.3 Å². The lowest BCUT2D eigenvalue weighted by Crippen LogP contribution is -2.59. The van der Waals surface area contributed by atoms with Gasteiger partial charge < -0.3 is 31.9 Å². The van der Waals surface area contributed by atoms with Gasteiger partial charge in [0.25, 0.3) is 0 Å². The molecule has 0 radical (unpaired) electrons. The number of carbonyl (C=O) groups excluding carboxylic acids is 3. The van der Waals surface area contributed by atoms with Crippen LogP contribution in [-0.4, -0.2) is 63.8 Å². The molecule has 34 heavy (non-hydrogen) atoms. The minimum absolute atomic E-state index is 0.0211. The van der Waals surface area contributed by atoms with Crippen molar-refractivity contribution < 1.29 is 29.4 Å². The van der Waals surface area contributed by atoms with E-state index in [-0.39, 0.29) is 29.8 Å². The minimum atomic E-state index is -1.26. The van der Waals surface area contributed by atoms with Crippen LogP contribution in [0, 0.1) is 11.8 Å². The molecule has 1 rings (SSSR count).